The van der Waals surface area contributed by atoms with Crippen LogP contribution in [0.4, 0.5) is 0 Å². The molecule has 3 nitrogen and oxygen atoms in total. The van der Waals surface area contributed by atoms with E-state index < -0.39 is 0 Å². The quantitative estimate of drug-likeness (QED) is 0.639. The number of hydrogen-bond acceptors (Lipinski definition) is 4. The van der Waals surface area contributed by atoms with Gasteiger partial charge in [-0.2, -0.15) is 5.26 Å². The lowest BCUT2D eigenvalue weighted by molar-refractivity contribution is 0.403. The van der Waals surface area contributed by atoms with Gasteiger partial charge in [-0.25, -0.2) is 0 Å². The summed E-state index contributed by atoms with van der Waals surface area (Å²) in [6.45, 7) is 2.00. The smallest absolute Gasteiger partial charge is 0.158 e. The first-order valence-electron chi connectivity index (χ1n) is 5.31. The number of nitriles is 1. The van der Waals surface area contributed by atoms with E-state index in [9.17, 15) is 10.2 Å². The number of hydrogen-bond donors (Lipinski definition) is 2. The Kier molecular flexibility index (Phi) is 3.35. The summed E-state index contributed by atoms with van der Waals surface area (Å²) in [6, 6.07) is 10.4. The van der Waals surface area contributed by atoms with Gasteiger partial charge in [-0.1, -0.05) is 0 Å². The van der Waals surface area contributed by atoms with Crippen molar-refractivity contribution in [2.45, 2.75) is 6.92 Å². The van der Waals surface area contributed by atoms with Gasteiger partial charge in [-0.15, -0.1) is 11.3 Å². The van der Waals surface area contributed by atoms with Gasteiger partial charge >= 0.3 is 0 Å². The van der Waals surface area contributed by atoms with Crippen LogP contribution in [0.15, 0.2) is 30.3 Å². The van der Waals surface area contributed by atoms with Crippen LogP contribution in [0.3, 0.4) is 0 Å². The van der Waals surface area contributed by atoms with Gasteiger partial charge in [0.25, 0.3) is 0 Å². The molecule has 0 saturated carbocycles. The molecule has 0 aliphatic rings. The first-order chi connectivity index (χ1) is 8.60. The summed E-state index contributed by atoms with van der Waals surface area (Å²) in [5, 5.41) is 27.8. The van der Waals surface area contributed by atoms with E-state index in [1.54, 1.807) is 23.5 Å². The zero-order chi connectivity index (χ0) is 13.1. The third-order valence-corrected chi connectivity index (χ3v) is 3.40. The number of aromatic hydroxyl groups is 2. The molecule has 0 radical (unpaired) electrons. The number of thiophene rings is 1. The van der Waals surface area contributed by atoms with Gasteiger partial charge in [0, 0.05) is 9.75 Å². The highest BCUT2D eigenvalue weighted by Gasteiger charge is 2.06. The largest absolute Gasteiger partial charge is 0.504 e. The maximum atomic E-state index is 9.43. The van der Waals surface area contributed by atoms with E-state index in [4.69, 9.17) is 5.26 Å². The predicted octanol–water partition coefficient (Wildman–Crippen LogP) is 3.53. The van der Waals surface area contributed by atoms with Crippen molar-refractivity contribution in [2.75, 3.05) is 0 Å². The average Bonchev–Trinajstić information content (AvgIpc) is 2.75. The summed E-state index contributed by atoms with van der Waals surface area (Å²) >= 11 is 1.59. The maximum Gasteiger partial charge on any atom is 0.158 e. The predicted molar refractivity (Wildman–Crippen MR) is 72.3 cm³/mol. The Balaban J connectivity index is 2.43. The van der Waals surface area contributed by atoms with Crippen molar-refractivity contribution in [1.82, 2.24) is 0 Å². The average molecular weight is 257 g/mol. The van der Waals surface area contributed by atoms with Crippen LogP contribution in [0.5, 0.6) is 11.5 Å². The van der Waals surface area contributed by atoms with E-state index in [1.807, 2.05) is 19.1 Å². The Bertz CT molecular complexity index is 650. The highest BCUT2D eigenvalue weighted by atomic mass is 32.1. The molecular formula is C14H11NO2S. The second kappa shape index (κ2) is 4.94. The molecule has 2 N–H and O–H groups in total. The Hall–Kier alpha value is -2.25. The molecular weight excluding hydrogens is 246 g/mol. The molecule has 0 atom stereocenters. The SMILES string of the molecule is Cc1ccc(C=C(C#N)c2ccc(O)c(O)c2)s1. The molecule has 0 saturated heterocycles. The normalized spacial score (nSPS) is 11.2. The summed E-state index contributed by atoms with van der Waals surface area (Å²) in [7, 11) is 0. The summed E-state index contributed by atoms with van der Waals surface area (Å²) in [4.78, 5) is 2.16. The monoisotopic (exact) mass is 257 g/mol. The third-order valence-electron chi connectivity index (χ3n) is 2.45. The number of aryl methyl sites for hydroxylation is 1. The first-order valence-corrected chi connectivity index (χ1v) is 6.12. The van der Waals surface area contributed by atoms with Crippen molar-refractivity contribution in [3.8, 4) is 17.6 Å². The van der Waals surface area contributed by atoms with E-state index in [1.165, 1.54) is 17.0 Å². The van der Waals surface area contributed by atoms with Gasteiger partial charge < -0.3 is 10.2 Å². The molecule has 0 amide bonds. The number of nitrogens with zero attached hydrogens (tertiary/aromatic N) is 1. The van der Waals surface area contributed by atoms with Crippen molar-refractivity contribution in [2.24, 2.45) is 0 Å². The molecule has 0 bridgehead atoms. The lowest BCUT2D eigenvalue weighted by atomic mass is 10.1. The molecule has 0 spiro atoms. The molecule has 1 aromatic carbocycles. The zero-order valence-corrected chi connectivity index (χ0v) is 10.5. The third kappa shape index (κ3) is 2.53. The fraction of sp³-hybridized carbons (Fsp3) is 0.0714. The second-order valence-electron chi connectivity index (χ2n) is 3.82. The summed E-state index contributed by atoms with van der Waals surface area (Å²) in [5.74, 6) is -0.418. The lowest BCUT2D eigenvalue weighted by Gasteiger charge is -2.01. The van der Waals surface area contributed by atoms with Gasteiger partial charge in [0.1, 0.15) is 0 Å². The Morgan fingerprint density at radius 2 is 2.00 bits per heavy atom. The van der Waals surface area contributed by atoms with E-state index >= 15 is 0 Å². The number of rotatable bonds is 2. The summed E-state index contributed by atoms with van der Waals surface area (Å²) < 4.78 is 0. The number of phenolic OH excluding ortho intramolecular Hbond substituents is 2. The standard InChI is InChI=1S/C14H11NO2S/c1-9-2-4-12(18-9)6-11(8-15)10-3-5-13(16)14(17)7-10/h2-7,16-17H,1H3. The Morgan fingerprint density at radius 1 is 1.22 bits per heavy atom. The van der Waals surface area contributed by atoms with Crippen LogP contribution in [0.2, 0.25) is 0 Å². The molecule has 4 heteroatoms. The summed E-state index contributed by atoms with van der Waals surface area (Å²) in [6.07, 6.45) is 1.77. The van der Waals surface area contributed by atoms with E-state index in [-0.39, 0.29) is 11.5 Å². The maximum absolute atomic E-state index is 9.43. The van der Waals surface area contributed by atoms with E-state index in [0.29, 0.717) is 11.1 Å². The molecule has 1 aromatic heterocycles. The number of phenols is 2. The zero-order valence-electron chi connectivity index (χ0n) is 9.71. The molecule has 1 heterocycles. The molecule has 0 unspecified atom stereocenters. The van der Waals surface area contributed by atoms with Crippen LogP contribution in [-0.2, 0) is 0 Å². The minimum absolute atomic E-state index is 0.192. The molecule has 90 valence electrons. The van der Waals surface area contributed by atoms with Gasteiger partial charge in [0.05, 0.1) is 11.6 Å². The fourth-order valence-corrected chi connectivity index (χ4v) is 2.37. The van der Waals surface area contributed by atoms with Crippen LogP contribution in [0.1, 0.15) is 15.3 Å². The van der Waals surface area contributed by atoms with E-state index in [0.717, 1.165) is 4.88 Å². The molecule has 18 heavy (non-hydrogen) atoms. The Labute approximate surface area is 109 Å². The molecule has 0 aliphatic carbocycles. The Morgan fingerprint density at radius 3 is 2.56 bits per heavy atom. The van der Waals surface area contributed by atoms with Crippen LogP contribution in [0, 0.1) is 18.3 Å². The van der Waals surface area contributed by atoms with Crippen LogP contribution in [0.25, 0.3) is 11.6 Å². The van der Waals surface area contributed by atoms with Crippen LogP contribution < -0.4 is 0 Å². The van der Waals surface area contributed by atoms with Crippen molar-refractivity contribution < 1.29 is 10.2 Å². The fourth-order valence-electron chi connectivity index (χ4n) is 1.54. The molecule has 0 aliphatic heterocycles. The van der Waals surface area contributed by atoms with Gasteiger partial charge in [0.2, 0.25) is 0 Å². The minimum Gasteiger partial charge on any atom is -0.504 e. The highest BCUT2D eigenvalue weighted by molar-refractivity contribution is 7.12. The first kappa shape index (κ1) is 12.2. The van der Waals surface area contributed by atoms with Crippen molar-refractivity contribution in [1.29, 1.82) is 5.26 Å². The van der Waals surface area contributed by atoms with Crippen molar-refractivity contribution >= 4 is 23.0 Å². The second-order valence-corrected chi connectivity index (χ2v) is 5.14. The number of benzene rings is 1. The number of allylic oxidation sites excluding steroid dienone is 1. The highest BCUT2D eigenvalue weighted by Crippen LogP contribution is 2.29. The van der Waals surface area contributed by atoms with Crippen molar-refractivity contribution in [3.05, 3.63) is 45.6 Å². The van der Waals surface area contributed by atoms with Gasteiger partial charge in [-0.3, -0.25) is 0 Å². The molecule has 2 rings (SSSR count). The van der Waals surface area contributed by atoms with Crippen LogP contribution in [-0.4, -0.2) is 10.2 Å². The van der Waals surface area contributed by atoms with Gasteiger partial charge in [0.15, 0.2) is 11.5 Å². The molecule has 0 fully saturated rings. The van der Waals surface area contributed by atoms with Crippen LogP contribution >= 0.6 is 11.3 Å². The topological polar surface area (TPSA) is 64.2 Å². The lowest BCUT2D eigenvalue weighted by Crippen LogP contribution is -1.81. The molecule has 2 aromatic rings. The minimum atomic E-state index is -0.226. The summed E-state index contributed by atoms with van der Waals surface area (Å²) in [5.41, 5.74) is 1.03. The van der Waals surface area contributed by atoms with Gasteiger partial charge in [-0.05, 0) is 48.9 Å². The van der Waals surface area contributed by atoms with Crippen molar-refractivity contribution in [3.63, 3.8) is 0 Å². The van der Waals surface area contributed by atoms with E-state index in [2.05, 4.69) is 6.07 Å².